The van der Waals surface area contributed by atoms with Crippen LogP contribution in [0.15, 0.2) is 78.9 Å². The Morgan fingerprint density at radius 3 is 2.19 bits per heavy atom. The van der Waals surface area contributed by atoms with Crippen molar-refractivity contribution < 1.29 is 4.79 Å². The largest absolute Gasteiger partial charge is 0.385 e. The monoisotopic (exact) mass is 344 g/mol. The molecule has 0 unspecified atom stereocenters. The summed E-state index contributed by atoms with van der Waals surface area (Å²) in [5.74, 6) is 0.00378. The van der Waals surface area contributed by atoms with Gasteiger partial charge in [-0.15, -0.1) is 0 Å². The highest BCUT2D eigenvalue weighted by Gasteiger charge is 2.06. The predicted molar refractivity (Wildman–Crippen MR) is 109 cm³/mol. The first-order chi connectivity index (χ1) is 12.7. The molecule has 3 aromatic carbocycles. The lowest BCUT2D eigenvalue weighted by molar-refractivity contribution is -0.115. The number of benzene rings is 3. The number of hydrogen-bond donors (Lipinski definition) is 2. The zero-order valence-electron chi connectivity index (χ0n) is 15.0. The van der Waals surface area contributed by atoms with Crippen molar-refractivity contribution in [3.8, 4) is 0 Å². The molecule has 26 heavy (non-hydrogen) atoms. The third kappa shape index (κ3) is 5.21. The number of amides is 1. The first-order valence-corrected chi connectivity index (χ1v) is 8.93. The van der Waals surface area contributed by atoms with Crippen LogP contribution in [0, 0.1) is 6.92 Å². The van der Waals surface area contributed by atoms with Crippen LogP contribution >= 0.6 is 0 Å². The molecular weight excluding hydrogens is 320 g/mol. The fourth-order valence-electron chi connectivity index (χ4n) is 2.85. The van der Waals surface area contributed by atoms with Gasteiger partial charge in [-0.3, -0.25) is 4.79 Å². The van der Waals surface area contributed by atoms with E-state index < -0.39 is 0 Å². The van der Waals surface area contributed by atoms with Crippen LogP contribution in [0.3, 0.4) is 0 Å². The Morgan fingerprint density at radius 1 is 0.808 bits per heavy atom. The molecule has 2 N–H and O–H groups in total. The summed E-state index contributed by atoms with van der Waals surface area (Å²) in [5.41, 5.74) is 5.39. The number of nitrogens with one attached hydrogen (secondary N) is 2. The lowest BCUT2D eigenvalue weighted by atomic mass is 10.1. The molecule has 132 valence electrons. The highest BCUT2D eigenvalue weighted by Crippen LogP contribution is 2.15. The van der Waals surface area contributed by atoms with Gasteiger partial charge in [0.2, 0.25) is 5.91 Å². The van der Waals surface area contributed by atoms with Crippen LogP contribution in [-0.2, 0) is 17.6 Å². The summed E-state index contributed by atoms with van der Waals surface area (Å²) < 4.78 is 0. The molecule has 1 amide bonds. The van der Waals surface area contributed by atoms with Crippen LogP contribution in [0.4, 0.5) is 11.4 Å². The summed E-state index contributed by atoms with van der Waals surface area (Å²) >= 11 is 0. The Kier molecular flexibility index (Phi) is 6.05. The van der Waals surface area contributed by atoms with E-state index in [2.05, 4.69) is 34.9 Å². The predicted octanol–water partition coefficient (Wildman–Crippen LogP) is 4.83. The van der Waals surface area contributed by atoms with E-state index in [0.717, 1.165) is 35.5 Å². The van der Waals surface area contributed by atoms with Crippen LogP contribution in [0.5, 0.6) is 0 Å². The smallest absolute Gasteiger partial charge is 0.228 e. The molecule has 0 heterocycles. The number of carbonyl (C=O) groups is 1. The van der Waals surface area contributed by atoms with Crippen molar-refractivity contribution in [1.29, 1.82) is 0 Å². The van der Waals surface area contributed by atoms with E-state index in [9.17, 15) is 4.79 Å². The summed E-state index contributed by atoms with van der Waals surface area (Å²) in [6, 6.07) is 26.2. The van der Waals surface area contributed by atoms with Gasteiger partial charge >= 0.3 is 0 Å². The first kappa shape index (κ1) is 17.7. The third-order valence-corrected chi connectivity index (χ3v) is 4.37. The molecular formula is C23H24N2O. The van der Waals surface area contributed by atoms with Crippen molar-refractivity contribution in [1.82, 2.24) is 0 Å². The van der Waals surface area contributed by atoms with E-state index in [0.29, 0.717) is 6.42 Å². The number of carbonyl (C=O) groups excluding carboxylic acids is 1. The molecule has 0 spiro atoms. The van der Waals surface area contributed by atoms with E-state index >= 15 is 0 Å². The van der Waals surface area contributed by atoms with Crippen LogP contribution in [-0.4, -0.2) is 12.5 Å². The standard InChI is InChI=1S/C23H24N2O/c1-18-7-5-6-10-20(18)17-23(26)25-22-13-11-21(12-14-22)24-16-15-19-8-3-2-4-9-19/h2-14,24H,15-17H2,1H3,(H,25,26). The van der Waals surface area contributed by atoms with Gasteiger partial charge in [-0.05, 0) is 54.3 Å². The Hall–Kier alpha value is -3.07. The van der Waals surface area contributed by atoms with Gasteiger partial charge in [-0.1, -0.05) is 54.6 Å². The maximum absolute atomic E-state index is 12.2. The third-order valence-electron chi connectivity index (χ3n) is 4.37. The van der Waals surface area contributed by atoms with Crippen molar-refractivity contribution >= 4 is 17.3 Å². The minimum absolute atomic E-state index is 0.00378. The van der Waals surface area contributed by atoms with Crippen molar-refractivity contribution in [3.05, 3.63) is 95.6 Å². The van der Waals surface area contributed by atoms with Gasteiger partial charge in [0.15, 0.2) is 0 Å². The number of rotatable bonds is 7. The summed E-state index contributed by atoms with van der Waals surface area (Å²) in [5, 5.41) is 6.37. The Labute approximate surface area is 155 Å². The van der Waals surface area contributed by atoms with Crippen molar-refractivity contribution in [2.24, 2.45) is 0 Å². The first-order valence-electron chi connectivity index (χ1n) is 8.93. The molecule has 0 atom stereocenters. The number of anilines is 2. The molecule has 3 nitrogen and oxygen atoms in total. The molecule has 0 aromatic heterocycles. The molecule has 0 saturated carbocycles. The minimum atomic E-state index is 0.00378. The van der Waals surface area contributed by atoms with Crippen LogP contribution in [0.25, 0.3) is 0 Å². The maximum Gasteiger partial charge on any atom is 0.228 e. The average Bonchev–Trinajstić information content (AvgIpc) is 2.66. The SMILES string of the molecule is Cc1ccccc1CC(=O)Nc1ccc(NCCc2ccccc2)cc1. The molecule has 0 saturated heterocycles. The summed E-state index contributed by atoms with van der Waals surface area (Å²) in [7, 11) is 0. The van der Waals surface area contributed by atoms with Crippen LogP contribution < -0.4 is 10.6 Å². The van der Waals surface area contributed by atoms with Gasteiger partial charge in [0.1, 0.15) is 0 Å². The van der Waals surface area contributed by atoms with E-state index in [1.807, 2.05) is 61.5 Å². The maximum atomic E-state index is 12.2. The molecule has 0 radical (unpaired) electrons. The fraction of sp³-hybridized carbons (Fsp3) is 0.174. The number of aryl methyl sites for hydroxylation is 1. The minimum Gasteiger partial charge on any atom is -0.385 e. The van der Waals surface area contributed by atoms with Gasteiger partial charge in [-0.2, -0.15) is 0 Å². The molecule has 0 bridgehead atoms. The second-order valence-electron chi connectivity index (χ2n) is 6.39. The topological polar surface area (TPSA) is 41.1 Å². The van der Waals surface area contributed by atoms with Crippen molar-refractivity contribution in [2.75, 3.05) is 17.2 Å². The molecule has 3 rings (SSSR count). The lowest BCUT2D eigenvalue weighted by Gasteiger charge is -2.10. The van der Waals surface area contributed by atoms with E-state index in [1.54, 1.807) is 0 Å². The molecule has 0 aliphatic rings. The molecule has 0 aliphatic carbocycles. The quantitative estimate of drug-likeness (QED) is 0.644. The van der Waals surface area contributed by atoms with E-state index in [1.165, 1.54) is 5.56 Å². The van der Waals surface area contributed by atoms with Crippen LogP contribution in [0.1, 0.15) is 16.7 Å². The summed E-state index contributed by atoms with van der Waals surface area (Å²) in [6.45, 7) is 2.90. The zero-order chi connectivity index (χ0) is 18.2. The molecule has 3 heteroatoms. The number of hydrogen-bond acceptors (Lipinski definition) is 2. The molecule has 0 aliphatic heterocycles. The second kappa shape index (κ2) is 8.86. The van der Waals surface area contributed by atoms with Gasteiger partial charge < -0.3 is 10.6 Å². The fourth-order valence-corrected chi connectivity index (χ4v) is 2.85. The molecule has 0 fully saturated rings. The lowest BCUT2D eigenvalue weighted by Crippen LogP contribution is -2.15. The Balaban J connectivity index is 1.48. The van der Waals surface area contributed by atoms with Gasteiger partial charge in [0.25, 0.3) is 0 Å². The molecule has 3 aromatic rings. The van der Waals surface area contributed by atoms with Crippen molar-refractivity contribution in [3.63, 3.8) is 0 Å². The second-order valence-corrected chi connectivity index (χ2v) is 6.39. The highest BCUT2D eigenvalue weighted by atomic mass is 16.1. The van der Waals surface area contributed by atoms with Gasteiger partial charge in [-0.25, -0.2) is 0 Å². The van der Waals surface area contributed by atoms with Gasteiger partial charge in [0.05, 0.1) is 6.42 Å². The zero-order valence-corrected chi connectivity index (χ0v) is 15.0. The van der Waals surface area contributed by atoms with E-state index in [-0.39, 0.29) is 5.91 Å². The summed E-state index contributed by atoms with van der Waals surface area (Å²) in [6.07, 6.45) is 1.37. The Bertz CT molecular complexity index is 842. The summed E-state index contributed by atoms with van der Waals surface area (Å²) in [4.78, 5) is 12.2. The Morgan fingerprint density at radius 2 is 1.46 bits per heavy atom. The van der Waals surface area contributed by atoms with E-state index in [4.69, 9.17) is 0 Å². The van der Waals surface area contributed by atoms with Crippen molar-refractivity contribution in [2.45, 2.75) is 19.8 Å². The van der Waals surface area contributed by atoms with Gasteiger partial charge in [0, 0.05) is 17.9 Å². The highest BCUT2D eigenvalue weighted by molar-refractivity contribution is 5.92. The van der Waals surface area contributed by atoms with Crippen LogP contribution in [0.2, 0.25) is 0 Å². The average molecular weight is 344 g/mol. The normalized spacial score (nSPS) is 10.3.